The van der Waals surface area contributed by atoms with E-state index < -0.39 is 0 Å². The average Bonchev–Trinajstić information content (AvgIpc) is 2.62. The normalized spacial score (nSPS) is 18.4. The molecule has 0 saturated carbocycles. The van der Waals surface area contributed by atoms with E-state index in [0.29, 0.717) is 17.9 Å². The zero-order valence-electron chi connectivity index (χ0n) is 15.3. The van der Waals surface area contributed by atoms with Gasteiger partial charge in [0.15, 0.2) is 5.78 Å². The lowest BCUT2D eigenvalue weighted by atomic mass is 9.82. The third-order valence-electron chi connectivity index (χ3n) is 5.17. The highest BCUT2D eigenvalue weighted by Crippen LogP contribution is 2.39. The Morgan fingerprint density at radius 3 is 2.77 bits per heavy atom. The summed E-state index contributed by atoms with van der Waals surface area (Å²) in [6.45, 7) is 6.44. The number of aromatic nitrogens is 2. The van der Waals surface area contributed by atoms with Crippen LogP contribution in [0.25, 0.3) is 0 Å². The van der Waals surface area contributed by atoms with Crippen LogP contribution in [0.1, 0.15) is 42.2 Å². The highest BCUT2D eigenvalue weighted by atomic mass is 16.5. The van der Waals surface area contributed by atoms with Crippen molar-refractivity contribution in [1.29, 1.82) is 0 Å². The number of carbonyl (C=O) groups excluding carboxylic acids is 1. The van der Waals surface area contributed by atoms with Crippen LogP contribution >= 0.6 is 0 Å². The van der Waals surface area contributed by atoms with Crippen molar-refractivity contribution in [3.63, 3.8) is 0 Å². The summed E-state index contributed by atoms with van der Waals surface area (Å²) in [5.74, 6) is 2.52. The minimum atomic E-state index is -0.380. The van der Waals surface area contributed by atoms with Gasteiger partial charge in [-0.1, -0.05) is 12.1 Å². The lowest BCUT2D eigenvalue weighted by Gasteiger charge is -2.44. The number of ketones is 1. The smallest absolute Gasteiger partial charge is 0.224 e. The van der Waals surface area contributed by atoms with E-state index in [1.807, 2.05) is 44.2 Å². The van der Waals surface area contributed by atoms with E-state index in [2.05, 4.69) is 20.2 Å². The molecule has 2 aliphatic rings. The van der Waals surface area contributed by atoms with Crippen LogP contribution in [0.4, 0.5) is 11.8 Å². The second-order valence-corrected chi connectivity index (χ2v) is 7.09. The number of rotatable bonds is 3. The number of Topliss-reactive ketones (excluding diaryl/α,β-unsaturated/α-hetero) is 1. The summed E-state index contributed by atoms with van der Waals surface area (Å²) in [5, 5.41) is 3.18. The Bertz CT molecular complexity index is 828. The fourth-order valence-electron chi connectivity index (χ4n) is 3.82. The second-order valence-electron chi connectivity index (χ2n) is 7.09. The number of carbonyl (C=O) groups is 1. The Balaban J connectivity index is 1.51. The summed E-state index contributed by atoms with van der Waals surface area (Å²) in [6, 6.07) is 9.58. The lowest BCUT2D eigenvalue weighted by Crippen LogP contribution is -2.51. The van der Waals surface area contributed by atoms with Gasteiger partial charge in [0.05, 0.1) is 12.0 Å². The average molecular weight is 352 g/mol. The van der Waals surface area contributed by atoms with E-state index in [1.54, 1.807) is 0 Å². The molecule has 0 bridgehead atoms. The number of piperidine rings is 1. The lowest BCUT2D eigenvalue weighted by molar-refractivity contribution is 0.0231. The maximum Gasteiger partial charge on any atom is 0.224 e. The molecule has 3 heterocycles. The first-order chi connectivity index (χ1) is 12.6. The number of aryl methyl sites for hydroxylation is 1. The van der Waals surface area contributed by atoms with Crippen LogP contribution in [0.15, 0.2) is 30.3 Å². The molecule has 6 heteroatoms. The number of nitrogens with zero attached hydrogens (tertiary/aromatic N) is 3. The van der Waals surface area contributed by atoms with Gasteiger partial charge in [0.1, 0.15) is 17.2 Å². The van der Waals surface area contributed by atoms with Gasteiger partial charge >= 0.3 is 0 Å². The molecule has 2 aliphatic heterocycles. The molecule has 6 nitrogen and oxygen atoms in total. The molecule has 0 atom stereocenters. The molecule has 1 aromatic heterocycles. The molecule has 1 spiro atoms. The quantitative estimate of drug-likeness (QED) is 0.915. The summed E-state index contributed by atoms with van der Waals surface area (Å²) in [4.78, 5) is 23.9. The van der Waals surface area contributed by atoms with Crippen LogP contribution in [-0.4, -0.2) is 41.0 Å². The highest BCUT2D eigenvalue weighted by molar-refractivity contribution is 6.00. The summed E-state index contributed by atoms with van der Waals surface area (Å²) in [5.41, 5.74) is 1.28. The summed E-state index contributed by atoms with van der Waals surface area (Å²) >= 11 is 0. The number of fused-ring (bicyclic) bond motifs is 1. The van der Waals surface area contributed by atoms with Gasteiger partial charge in [0.25, 0.3) is 0 Å². The number of hydrogen-bond acceptors (Lipinski definition) is 6. The maximum absolute atomic E-state index is 12.5. The third kappa shape index (κ3) is 3.11. The van der Waals surface area contributed by atoms with Gasteiger partial charge in [-0.25, -0.2) is 4.98 Å². The number of ether oxygens (including phenoxy) is 1. The number of anilines is 2. The SMILES string of the molecule is CCNc1nc(C)cc(N2CCC3(CC2)CC(=O)c2ccccc2O3)n1. The molecule has 1 aromatic carbocycles. The molecule has 0 radical (unpaired) electrons. The number of nitrogens with one attached hydrogen (secondary N) is 1. The molecule has 1 N–H and O–H groups in total. The monoisotopic (exact) mass is 352 g/mol. The van der Waals surface area contributed by atoms with Crippen LogP contribution < -0.4 is 15.0 Å². The Morgan fingerprint density at radius 1 is 1.23 bits per heavy atom. The Kier molecular flexibility index (Phi) is 4.26. The first-order valence-electron chi connectivity index (χ1n) is 9.24. The molecule has 0 unspecified atom stereocenters. The van der Waals surface area contributed by atoms with E-state index >= 15 is 0 Å². The van der Waals surface area contributed by atoms with Crippen molar-refractivity contribution in [3.8, 4) is 5.75 Å². The van der Waals surface area contributed by atoms with Crippen LogP contribution in [0, 0.1) is 6.92 Å². The Morgan fingerprint density at radius 2 is 2.00 bits per heavy atom. The van der Waals surface area contributed by atoms with Crippen molar-refractivity contribution in [2.45, 2.75) is 38.7 Å². The van der Waals surface area contributed by atoms with E-state index in [-0.39, 0.29) is 11.4 Å². The number of para-hydroxylation sites is 1. The molecule has 1 fully saturated rings. The van der Waals surface area contributed by atoms with Gasteiger partial charge in [0, 0.05) is 44.2 Å². The fourth-order valence-corrected chi connectivity index (χ4v) is 3.82. The standard InChI is InChI=1S/C20H24N4O2/c1-3-21-19-22-14(2)12-18(23-19)24-10-8-20(9-11-24)13-16(25)15-6-4-5-7-17(15)26-20/h4-7,12H,3,8-11,13H2,1-2H3,(H,21,22,23). The molecule has 4 rings (SSSR count). The molecular weight excluding hydrogens is 328 g/mol. The van der Waals surface area contributed by atoms with Gasteiger partial charge in [0.2, 0.25) is 5.95 Å². The highest BCUT2D eigenvalue weighted by Gasteiger charge is 2.43. The summed E-state index contributed by atoms with van der Waals surface area (Å²) < 4.78 is 6.31. The minimum absolute atomic E-state index is 0.188. The first-order valence-corrected chi connectivity index (χ1v) is 9.24. The van der Waals surface area contributed by atoms with Gasteiger partial charge in [-0.05, 0) is 26.0 Å². The molecule has 2 aromatic rings. The van der Waals surface area contributed by atoms with Crippen molar-refractivity contribution < 1.29 is 9.53 Å². The fraction of sp³-hybridized carbons (Fsp3) is 0.450. The van der Waals surface area contributed by atoms with Crippen molar-refractivity contribution in [2.75, 3.05) is 29.9 Å². The molecule has 136 valence electrons. The third-order valence-corrected chi connectivity index (χ3v) is 5.17. The number of hydrogen-bond donors (Lipinski definition) is 1. The summed E-state index contributed by atoms with van der Waals surface area (Å²) in [6.07, 6.45) is 2.09. The predicted molar refractivity (Wildman–Crippen MR) is 101 cm³/mol. The molecule has 0 aliphatic carbocycles. The van der Waals surface area contributed by atoms with Gasteiger partial charge in [-0.2, -0.15) is 4.98 Å². The molecule has 1 saturated heterocycles. The first kappa shape index (κ1) is 16.8. The van der Waals surface area contributed by atoms with Gasteiger partial charge in [-0.15, -0.1) is 0 Å². The number of benzene rings is 1. The van der Waals surface area contributed by atoms with Crippen LogP contribution in [-0.2, 0) is 0 Å². The molecule has 0 amide bonds. The zero-order valence-corrected chi connectivity index (χ0v) is 15.3. The minimum Gasteiger partial charge on any atom is -0.486 e. The van der Waals surface area contributed by atoms with Crippen molar-refractivity contribution in [2.24, 2.45) is 0 Å². The van der Waals surface area contributed by atoms with Gasteiger partial charge in [-0.3, -0.25) is 4.79 Å². The van der Waals surface area contributed by atoms with Crippen LogP contribution in [0.3, 0.4) is 0 Å². The van der Waals surface area contributed by atoms with E-state index in [4.69, 9.17) is 4.74 Å². The Hall–Kier alpha value is -2.63. The van der Waals surface area contributed by atoms with Crippen molar-refractivity contribution >= 4 is 17.5 Å². The van der Waals surface area contributed by atoms with E-state index in [9.17, 15) is 4.79 Å². The zero-order chi connectivity index (χ0) is 18.1. The van der Waals surface area contributed by atoms with Crippen LogP contribution in [0.2, 0.25) is 0 Å². The second kappa shape index (κ2) is 6.59. The topological polar surface area (TPSA) is 67.4 Å². The van der Waals surface area contributed by atoms with Crippen molar-refractivity contribution in [3.05, 3.63) is 41.6 Å². The van der Waals surface area contributed by atoms with Gasteiger partial charge < -0.3 is 15.0 Å². The van der Waals surface area contributed by atoms with E-state index in [1.165, 1.54) is 0 Å². The van der Waals surface area contributed by atoms with E-state index in [0.717, 1.165) is 49.7 Å². The molecule has 26 heavy (non-hydrogen) atoms. The molecular formula is C20H24N4O2. The summed E-state index contributed by atoms with van der Waals surface area (Å²) in [7, 11) is 0. The largest absolute Gasteiger partial charge is 0.486 e. The predicted octanol–water partition coefficient (Wildman–Crippen LogP) is 3.22. The Labute approximate surface area is 153 Å². The van der Waals surface area contributed by atoms with Crippen LogP contribution in [0.5, 0.6) is 5.75 Å². The maximum atomic E-state index is 12.5. The van der Waals surface area contributed by atoms with Crippen molar-refractivity contribution in [1.82, 2.24) is 9.97 Å².